The molecule has 1 nitrogen and oxygen atoms in total. The van der Waals surface area contributed by atoms with E-state index in [2.05, 4.69) is 27.7 Å². The van der Waals surface area contributed by atoms with Crippen LogP contribution in [0.5, 0.6) is 5.75 Å². The van der Waals surface area contributed by atoms with Crippen molar-refractivity contribution in [3.8, 4) is 5.75 Å². The van der Waals surface area contributed by atoms with E-state index in [1.54, 1.807) is 11.8 Å². The van der Waals surface area contributed by atoms with E-state index < -0.39 is 0 Å². The smallest absolute Gasteiger partial charge is 0.155 e. The first-order valence-electron chi connectivity index (χ1n) is 6.38. The van der Waals surface area contributed by atoms with E-state index in [1.165, 1.54) is 0 Å². The Bertz CT molecular complexity index is 473. The van der Waals surface area contributed by atoms with Crippen molar-refractivity contribution in [1.29, 1.82) is 0 Å². The summed E-state index contributed by atoms with van der Waals surface area (Å²) in [5.74, 6) is -0.268. The molecule has 1 aromatic carbocycles. The molecule has 0 aliphatic heterocycles. The summed E-state index contributed by atoms with van der Waals surface area (Å²) >= 11 is 26.0. The Hall–Kier alpha value is 0.530. The maximum atomic E-state index is 9.75. The van der Waals surface area contributed by atoms with Crippen LogP contribution < -0.4 is 0 Å². The summed E-state index contributed by atoms with van der Waals surface area (Å²) in [6, 6.07) is 0. The molecule has 0 fully saturated rings. The van der Waals surface area contributed by atoms with Crippen LogP contribution in [0.3, 0.4) is 0 Å². The Morgan fingerprint density at radius 2 is 1.45 bits per heavy atom. The average molecular weight is 376 g/mol. The van der Waals surface area contributed by atoms with Gasteiger partial charge in [-0.1, -0.05) is 74.1 Å². The number of phenols is 1. The minimum atomic E-state index is -0.268. The lowest BCUT2D eigenvalue weighted by atomic mass is 9.85. The maximum absolute atomic E-state index is 9.75. The summed E-state index contributed by atoms with van der Waals surface area (Å²) in [4.78, 5) is 0.634. The zero-order valence-electron chi connectivity index (χ0n) is 11.9. The first-order chi connectivity index (χ1) is 9.17. The summed E-state index contributed by atoms with van der Waals surface area (Å²) in [5, 5.41) is 10.7. The van der Waals surface area contributed by atoms with Gasteiger partial charge in [-0.05, 0) is 18.3 Å². The number of aromatic hydroxyl groups is 1. The molecule has 0 saturated carbocycles. The molecule has 1 N–H and O–H groups in total. The Labute approximate surface area is 144 Å². The summed E-state index contributed by atoms with van der Waals surface area (Å²) in [7, 11) is 0. The molecule has 0 bridgehead atoms. The molecule has 1 aromatic rings. The van der Waals surface area contributed by atoms with Gasteiger partial charge in [-0.15, -0.1) is 11.8 Å². The maximum Gasteiger partial charge on any atom is 0.155 e. The van der Waals surface area contributed by atoms with Crippen molar-refractivity contribution < 1.29 is 5.11 Å². The van der Waals surface area contributed by atoms with E-state index in [0.29, 0.717) is 10.1 Å². The molecular weight excluding hydrogens is 358 g/mol. The number of halogens is 4. The minimum Gasteiger partial charge on any atom is -0.505 e. The van der Waals surface area contributed by atoms with Gasteiger partial charge in [-0.25, -0.2) is 0 Å². The van der Waals surface area contributed by atoms with Crippen LogP contribution in [0.1, 0.15) is 40.5 Å². The monoisotopic (exact) mass is 374 g/mol. The zero-order chi connectivity index (χ0) is 15.7. The van der Waals surface area contributed by atoms with E-state index in [-0.39, 0.29) is 31.3 Å². The van der Waals surface area contributed by atoms with Crippen molar-refractivity contribution in [1.82, 2.24) is 0 Å². The quantitative estimate of drug-likeness (QED) is 0.429. The standard InChI is InChI=1S/C14H18Cl4OS/c1-5-7(14(3,4)6-2)20-13-10(17)8(15)12(19)9(16)11(13)18/h7,19H,5-6H2,1-4H3. The van der Waals surface area contributed by atoms with Gasteiger partial charge in [0.25, 0.3) is 0 Å². The zero-order valence-corrected chi connectivity index (χ0v) is 15.7. The Balaban J connectivity index is 3.28. The van der Waals surface area contributed by atoms with E-state index in [4.69, 9.17) is 46.4 Å². The Kier molecular flexibility index (Phi) is 6.68. The van der Waals surface area contributed by atoms with Gasteiger partial charge in [0, 0.05) is 10.1 Å². The summed E-state index contributed by atoms with van der Waals surface area (Å²) in [5.41, 5.74) is 0.128. The van der Waals surface area contributed by atoms with E-state index in [0.717, 1.165) is 12.8 Å². The molecule has 0 saturated heterocycles. The average Bonchev–Trinajstić information content (AvgIpc) is 2.43. The van der Waals surface area contributed by atoms with Crippen molar-refractivity contribution in [3.63, 3.8) is 0 Å². The van der Waals surface area contributed by atoms with Gasteiger partial charge in [0.2, 0.25) is 0 Å². The first-order valence-corrected chi connectivity index (χ1v) is 8.78. The van der Waals surface area contributed by atoms with Crippen LogP contribution in [0.4, 0.5) is 0 Å². The Morgan fingerprint density at radius 3 is 1.80 bits per heavy atom. The van der Waals surface area contributed by atoms with Crippen molar-refractivity contribution in [2.45, 2.75) is 50.7 Å². The fourth-order valence-corrected chi connectivity index (χ4v) is 4.44. The predicted molar refractivity (Wildman–Crippen MR) is 92.2 cm³/mol. The van der Waals surface area contributed by atoms with Gasteiger partial charge >= 0.3 is 0 Å². The van der Waals surface area contributed by atoms with Crippen LogP contribution in [0.25, 0.3) is 0 Å². The highest BCUT2D eigenvalue weighted by atomic mass is 35.5. The van der Waals surface area contributed by atoms with Crippen LogP contribution in [0.2, 0.25) is 20.1 Å². The third-order valence-corrected chi connectivity index (χ3v) is 7.42. The highest BCUT2D eigenvalue weighted by Gasteiger charge is 2.30. The molecule has 1 unspecified atom stereocenters. The molecule has 1 atom stereocenters. The summed E-state index contributed by atoms with van der Waals surface area (Å²) in [6.45, 7) is 8.70. The summed E-state index contributed by atoms with van der Waals surface area (Å²) in [6.07, 6.45) is 2.00. The predicted octanol–water partition coefficient (Wildman–Crippen LogP) is 7.31. The molecule has 0 aliphatic carbocycles. The van der Waals surface area contributed by atoms with Gasteiger partial charge in [0.1, 0.15) is 10.0 Å². The topological polar surface area (TPSA) is 20.2 Å². The van der Waals surface area contributed by atoms with Crippen molar-refractivity contribution in [3.05, 3.63) is 20.1 Å². The second kappa shape index (κ2) is 7.19. The molecule has 0 aliphatic rings. The van der Waals surface area contributed by atoms with Crippen LogP contribution >= 0.6 is 58.2 Å². The van der Waals surface area contributed by atoms with Crippen molar-refractivity contribution >= 4 is 58.2 Å². The third-order valence-electron chi connectivity index (χ3n) is 3.61. The summed E-state index contributed by atoms with van der Waals surface area (Å²) < 4.78 is 0. The van der Waals surface area contributed by atoms with Crippen LogP contribution in [-0.2, 0) is 0 Å². The highest BCUT2D eigenvalue weighted by molar-refractivity contribution is 8.00. The second-order valence-electron chi connectivity index (χ2n) is 5.29. The molecule has 6 heteroatoms. The number of hydrogen-bond acceptors (Lipinski definition) is 2. The lowest BCUT2D eigenvalue weighted by Crippen LogP contribution is -2.25. The number of thioether (sulfide) groups is 1. The van der Waals surface area contributed by atoms with Gasteiger partial charge in [0.05, 0.1) is 10.0 Å². The largest absolute Gasteiger partial charge is 0.505 e. The first kappa shape index (κ1) is 18.6. The van der Waals surface area contributed by atoms with Crippen LogP contribution in [0, 0.1) is 5.41 Å². The van der Waals surface area contributed by atoms with Crippen LogP contribution in [0.15, 0.2) is 4.90 Å². The van der Waals surface area contributed by atoms with Gasteiger partial charge in [-0.3, -0.25) is 0 Å². The highest BCUT2D eigenvalue weighted by Crippen LogP contribution is 2.52. The third kappa shape index (κ3) is 3.64. The number of benzene rings is 1. The minimum absolute atomic E-state index is 0.0488. The molecule has 0 amide bonds. The van der Waals surface area contributed by atoms with Gasteiger partial charge in [0.15, 0.2) is 5.75 Å². The molecular formula is C14H18Cl4OS. The fourth-order valence-electron chi connectivity index (χ4n) is 1.87. The molecule has 0 heterocycles. The van der Waals surface area contributed by atoms with Crippen molar-refractivity contribution in [2.75, 3.05) is 0 Å². The Morgan fingerprint density at radius 1 is 1.00 bits per heavy atom. The number of rotatable bonds is 5. The number of hydrogen-bond donors (Lipinski definition) is 1. The normalized spacial score (nSPS) is 13.6. The molecule has 20 heavy (non-hydrogen) atoms. The molecule has 0 spiro atoms. The molecule has 0 radical (unpaired) electrons. The number of phenolic OH excluding ortho intramolecular Hbond substituents is 1. The second-order valence-corrected chi connectivity index (χ2v) is 8.02. The fraction of sp³-hybridized carbons (Fsp3) is 0.571. The van der Waals surface area contributed by atoms with Gasteiger partial charge < -0.3 is 5.11 Å². The van der Waals surface area contributed by atoms with Crippen LogP contribution in [-0.4, -0.2) is 10.4 Å². The van der Waals surface area contributed by atoms with Gasteiger partial charge in [-0.2, -0.15) is 0 Å². The molecule has 114 valence electrons. The van der Waals surface area contributed by atoms with E-state index in [1.807, 2.05) is 0 Å². The van der Waals surface area contributed by atoms with Crippen molar-refractivity contribution in [2.24, 2.45) is 5.41 Å². The lowest BCUT2D eigenvalue weighted by Gasteiger charge is -2.33. The molecule has 0 aromatic heterocycles. The van der Waals surface area contributed by atoms with E-state index in [9.17, 15) is 5.11 Å². The van der Waals surface area contributed by atoms with E-state index >= 15 is 0 Å². The SMILES string of the molecule is CCC(Sc1c(Cl)c(Cl)c(O)c(Cl)c1Cl)C(C)(C)CC. The lowest BCUT2D eigenvalue weighted by molar-refractivity contribution is 0.331. The molecule has 1 rings (SSSR count).